The highest BCUT2D eigenvalue weighted by atomic mass is 16.3. The van der Waals surface area contributed by atoms with Gasteiger partial charge in [0.15, 0.2) is 0 Å². The quantitative estimate of drug-likeness (QED) is 0.769. The Bertz CT molecular complexity index is 355. The fourth-order valence-corrected chi connectivity index (χ4v) is 1.40. The van der Waals surface area contributed by atoms with Gasteiger partial charge in [0.2, 0.25) is 0 Å². The second kappa shape index (κ2) is 6.07. The van der Waals surface area contributed by atoms with Crippen LogP contribution >= 0.6 is 0 Å². The molecule has 1 rings (SSSR count). The summed E-state index contributed by atoms with van der Waals surface area (Å²) in [6, 6.07) is 1.49. The molecule has 5 nitrogen and oxygen atoms in total. The van der Waals surface area contributed by atoms with Crippen LogP contribution in [0.1, 0.15) is 23.7 Å². The number of pyridine rings is 1. The molecule has 0 aromatic carbocycles. The molecule has 5 heteroatoms. The van der Waals surface area contributed by atoms with Gasteiger partial charge in [0, 0.05) is 25.9 Å². The number of hydrogen-bond donors (Lipinski definition) is 2. The molecule has 0 aliphatic carbocycles. The molecule has 2 N–H and O–H groups in total. The van der Waals surface area contributed by atoms with Crippen LogP contribution in [-0.2, 0) is 0 Å². The molecule has 0 aliphatic rings. The van der Waals surface area contributed by atoms with Crippen LogP contribution in [0, 0.1) is 0 Å². The number of carbonyl (C=O) groups is 1. The monoisotopic (exact) mass is 224 g/mol. The second-order valence-electron chi connectivity index (χ2n) is 3.35. The number of aliphatic hydroxyl groups excluding tert-OH is 1. The van der Waals surface area contributed by atoms with E-state index in [9.17, 15) is 9.90 Å². The summed E-state index contributed by atoms with van der Waals surface area (Å²) in [5, 5.41) is 18.2. The predicted octanol–water partition coefficient (Wildman–Crippen LogP) is 0.632. The maximum Gasteiger partial charge on any atom is 0.257 e. The average Bonchev–Trinajstić information content (AvgIpc) is 2.30. The van der Waals surface area contributed by atoms with Crippen LogP contribution in [0.15, 0.2) is 18.5 Å². The van der Waals surface area contributed by atoms with E-state index in [1.165, 1.54) is 18.5 Å². The molecule has 0 radical (unpaired) electrons. The van der Waals surface area contributed by atoms with Crippen molar-refractivity contribution >= 4 is 5.91 Å². The lowest BCUT2D eigenvalue weighted by Gasteiger charge is -2.20. The van der Waals surface area contributed by atoms with E-state index in [1.54, 1.807) is 4.90 Å². The zero-order valence-electron chi connectivity index (χ0n) is 9.26. The molecule has 0 spiro atoms. The normalized spacial score (nSPS) is 10.1. The molecule has 0 unspecified atom stereocenters. The Kier molecular flexibility index (Phi) is 4.72. The zero-order chi connectivity index (χ0) is 12.0. The highest BCUT2D eigenvalue weighted by molar-refractivity contribution is 5.96. The van der Waals surface area contributed by atoms with Crippen molar-refractivity contribution in [2.24, 2.45) is 0 Å². The van der Waals surface area contributed by atoms with Gasteiger partial charge in [0.05, 0.1) is 11.8 Å². The summed E-state index contributed by atoms with van der Waals surface area (Å²) < 4.78 is 0. The largest absolute Gasteiger partial charge is 0.505 e. The van der Waals surface area contributed by atoms with Crippen molar-refractivity contribution in [2.75, 3.05) is 19.7 Å². The van der Waals surface area contributed by atoms with E-state index in [0.717, 1.165) is 0 Å². The van der Waals surface area contributed by atoms with E-state index in [-0.39, 0.29) is 23.8 Å². The highest BCUT2D eigenvalue weighted by Crippen LogP contribution is 2.16. The first-order valence-corrected chi connectivity index (χ1v) is 5.23. The third kappa shape index (κ3) is 2.93. The van der Waals surface area contributed by atoms with Crippen molar-refractivity contribution in [3.63, 3.8) is 0 Å². The van der Waals surface area contributed by atoms with Crippen molar-refractivity contribution in [1.82, 2.24) is 9.88 Å². The SMILES string of the molecule is CCN(CCCO)C(=O)c1ccncc1O. The number of aromatic hydroxyl groups is 1. The molecule has 16 heavy (non-hydrogen) atoms. The smallest absolute Gasteiger partial charge is 0.257 e. The number of hydrogen-bond acceptors (Lipinski definition) is 4. The molecule has 0 saturated heterocycles. The van der Waals surface area contributed by atoms with Crippen molar-refractivity contribution in [1.29, 1.82) is 0 Å². The van der Waals surface area contributed by atoms with Gasteiger partial charge in [-0.15, -0.1) is 0 Å². The molecular formula is C11H16N2O3. The molecule has 0 aliphatic heterocycles. The minimum absolute atomic E-state index is 0.0477. The van der Waals surface area contributed by atoms with Crippen molar-refractivity contribution in [3.8, 4) is 5.75 Å². The second-order valence-corrected chi connectivity index (χ2v) is 3.35. The topological polar surface area (TPSA) is 73.7 Å². The Hall–Kier alpha value is -1.62. The lowest BCUT2D eigenvalue weighted by atomic mass is 10.2. The molecule has 1 aromatic heterocycles. The summed E-state index contributed by atoms with van der Waals surface area (Å²) in [6.45, 7) is 2.92. The van der Waals surface area contributed by atoms with Crippen LogP contribution in [0.5, 0.6) is 5.75 Å². The van der Waals surface area contributed by atoms with Crippen molar-refractivity contribution in [2.45, 2.75) is 13.3 Å². The van der Waals surface area contributed by atoms with Gasteiger partial charge in [-0.3, -0.25) is 9.78 Å². The fourth-order valence-electron chi connectivity index (χ4n) is 1.40. The highest BCUT2D eigenvalue weighted by Gasteiger charge is 2.16. The summed E-state index contributed by atoms with van der Waals surface area (Å²) in [7, 11) is 0. The number of rotatable bonds is 5. The molecule has 1 amide bonds. The first kappa shape index (κ1) is 12.4. The van der Waals surface area contributed by atoms with Gasteiger partial charge in [-0.05, 0) is 19.4 Å². The van der Waals surface area contributed by atoms with Crippen LogP contribution in [-0.4, -0.2) is 45.7 Å². The minimum Gasteiger partial charge on any atom is -0.505 e. The van der Waals surface area contributed by atoms with Gasteiger partial charge in [-0.1, -0.05) is 0 Å². The number of amides is 1. The Morgan fingerprint density at radius 3 is 2.88 bits per heavy atom. The van der Waals surface area contributed by atoms with Gasteiger partial charge < -0.3 is 15.1 Å². The molecule has 0 saturated carbocycles. The zero-order valence-corrected chi connectivity index (χ0v) is 9.26. The molecule has 1 heterocycles. The molecule has 88 valence electrons. The standard InChI is InChI=1S/C11H16N2O3/c1-2-13(6-3-7-14)11(16)9-4-5-12-8-10(9)15/h4-5,8,14-15H,2-3,6-7H2,1H3. The van der Waals surface area contributed by atoms with E-state index in [2.05, 4.69) is 4.98 Å². The van der Waals surface area contributed by atoms with Crippen LogP contribution in [0.25, 0.3) is 0 Å². The molecule has 0 fully saturated rings. The van der Waals surface area contributed by atoms with Gasteiger partial charge in [-0.25, -0.2) is 0 Å². The van der Waals surface area contributed by atoms with Gasteiger partial charge in [0.25, 0.3) is 5.91 Å². The lowest BCUT2D eigenvalue weighted by Crippen LogP contribution is -2.32. The lowest BCUT2D eigenvalue weighted by molar-refractivity contribution is 0.0751. The summed E-state index contributed by atoms with van der Waals surface area (Å²) in [4.78, 5) is 17.2. The van der Waals surface area contributed by atoms with Crippen LogP contribution in [0.2, 0.25) is 0 Å². The first-order chi connectivity index (χ1) is 7.70. The van der Waals surface area contributed by atoms with Gasteiger partial charge in [0.1, 0.15) is 5.75 Å². The van der Waals surface area contributed by atoms with E-state index in [0.29, 0.717) is 19.5 Å². The molecule has 0 atom stereocenters. The Morgan fingerprint density at radius 1 is 1.56 bits per heavy atom. The number of carbonyl (C=O) groups excluding carboxylic acids is 1. The molecule has 0 bridgehead atoms. The van der Waals surface area contributed by atoms with E-state index < -0.39 is 0 Å². The Morgan fingerprint density at radius 2 is 2.31 bits per heavy atom. The number of nitrogens with zero attached hydrogens (tertiary/aromatic N) is 2. The first-order valence-electron chi connectivity index (χ1n) is 5.23. The Labute approximate surface area is 94.4 Å². The average molecular weight is 224 g/mol. The van der Waals surface area contributed by atoms with Crippen LogP contribution in [0.4, 0.5) is 0 Å². The fraction of sp³-hybridized carbons (Fsp3) is 0.455. The summed E-state index contributed by atoms with van der Waals surface area (Å²) in [5.41, 5.74) is 0.245. The maximum absolute atomic E-state index is 12.0. The van der Waals surface area contributed by atoms with Gasteiger partial charge >= 0.3 is 0 Å². The predicted molar refractivity (Wildman–Crippen MR) is 59.2 cm³/mol. The van der Waals surface area contributed by atoms with Gasteiger partial charge in [-0.2, -0.15) is 0 Å². The van der Waals surface area contributed by atoms with Crippen LogP contribution in [0.3, 0.4) is 0 Å². The molecule has 1 aromatic rings. The number of aromatic nitrogens is 1. The van der Waals surface area contributed by atoms with E-state index >= 15 is 0 Å². The third-order valence-electron chi connectivity index (χ3n) is 2.29. The minimum atomic E-state index is -0.240. The maximum atomic E-state index is 12.0. The summed E-state index contributed by atoms with van der Waals surface area (Å²) in [5.74, 6) is -0.356. The van der Waals surface area contributed by atoms with E-state index in [1.807, 2.05) is 6.92 Å². The Balaban J connectivity index is 2.79. The number of aliphatic hydroxyl groups is 1. The summed E-state index contributed by atoms with van der Waals surface area (Å²) >= 11 is 0. The van der Waals surface area contributed by atoms with Crippen LogP contribution < -0.4 is 0 Å². The van der Waals surface area contributed by atoms with E-state index in [4.69, 9.17) is 5.11 Å². The summed E-state index contributed by atoms with van der Waals surface area (Å²) in [6.07, 6.45) is 3.24. The van der Waals surface area contributed by atoms with Crippen molar-refractivity contribution in [3.05, 3.63) is 24.0 Å². The third-order valence-corrected chi connectivity index (χ3v) is 2.29. The molecular weight excluding hydrogens is 208 g/mol. The van der Waals surface area contributed by atoms with Crippen molar-refractivity contribution < 1.29 is 15.0 Å².